The highest BCUT2D eigenvalue weighted by molar-refractivity contribution is 6.31. The van der Waals surface area contributed by atoms with Crippen molar-refractivity contribution >= 4 is 28.9 Å². The van der Waals surface area contributed by atoms with Crippen molar-refractivity contribution in [2.75, 3.05) is 0 Å². The van der Waals surface area contributed by atoms with E-state index in [1.807, 2.05) is 47.5 Å². The van der Waals surface area contributed by atoms with Crippen molar-refractivity contribution in [2.45, 2.75) is 18.7 Å². The first-order valence-corrected chi connectivity index (χ1v) is 9.71. The van der Waals surface area contributed by atoms with E-state index in [0.29, 0.717) is 15.6 Å². The van der Waals surface area contributed by atoms with Gasteiger partial charge < -0.3 is 9.84 Å². The summed E-state index contributed by atoms with van der Waals surface area (Å²) in [6.45, 7) is 0. The molecular formula is C22H16Cl2N2O2. The van der Waals surface area contributed by atoms with E-state index in [4.69, 9.17) is 33.0 Å². The largest absolute Gasteiger partial charge is 0.507 e. The van der Waals surface area contributed by atoms with Crippen LogP contribution in [0.2, 0.25) is 10.0 Å². The molecule has 0 saturated carbocycles. The summed E-state index contributed by atoms with van der Waals surface area (Å²) < 4.78 is 6.25. The van der Waals surface area contributed by atoms with E-state index in [-0.39, 0.29) is 11.8 Å². The van der Waals surface area contributed by atoms with Gasteiger partial charge in [0, 0.05) is 22.0 Å². The molecule has 0 saturated heterocycles. The molecule has 3 aromatic rings. The summed E-state index contributed by atoms with van der Waals surface area (Å²) in [5, 5.41) is 18.4. The second kappa shape index (κ2) is 6.73. The molecule has 6 heteroatoms. The summed E-state index contributed by atoms with van der Waals surface area (Å²) in [7, 11) is 0. The van der Waals surface area contributed by atoms with Gasteiger partial charge in [-0.05, 0) is 42.0 Å². The number of benzene rings is 3. The molecule has 28 heavy (non-hydrogen) atoms. The molecule has 0 fully saturated rings. The van der Waals surface area contributed by atoms with E-state index < -0.39 is 6.23 Å². The van der Waals surface area contributed by atoms with Crippen LogP contribution in [0.5, 0.6) is 11.5 Å². The Morgan fingerprint density at radius 2 is 1.64 bits per heavy atom. The molecule has 5 rings (SSSR count). The van der Waals surface area contributed by atoms with Gasteiger partial charge in [-0.1, -0.05) is 53.5 Å². The van der Waals surface area contributed by atoms with Crippen molar-refractivity contribution in [1.29, 1.82) is 0 Å². The maximum Gasteiger partial charge on any atom is 0.217 e. The van der Waals surface area contributed by atoms with Crippen molar-refractivity contribution in [3.63, 3.8) is 0 Å². The second-order valence-electron chi connectivity index (χ2n) is 6.87. The first-order valence-electron chi connectivity index (χ1n) is 8.96. The van der Waals surface area contributed by atoms with E-state index in [9.17, 15) is 5.11 Å². The molecule has 0 aliphatic carbocycles. The van der Waals surface area contributed by atoms with Crippen LogP contribution in [-0.4, -0.2) is 15.8 Å². The Balaban J connectivity index is 1.64. The summed E-state index contributed by atoms with van der Waals surface area (Å²) in [6, 6.07) is 20.6. The van der Waals surface area contributed by atoms with Gasteiger partial charge in [-0.2, -0.15) is 5.10 Å². The summed E-state index contributed by atoms with van der Waals surface area (Å²) >= 11 is 12.4. The summed E-state index contributed by atoms with van der Waals surface area (Å²) in [6.07, 6.45) is 0.136. The maximum atomic E-state index is 10.4. The minimum Gasteiger partial charge on any atom is -0.507 e. The van der Waals surface area contributed by atoms with Crippen LogP contribution in [0, 0.1) is 0 Å². The van der Waals surface area contributed by atoms with E-state index in [0.717, 1.165) is 29.0 Å². The lowest BCUT2D eigenvalue weighted by Gasteiger charge is -2.38. The molecule has 0 aromatic heterocycles. The molecule has 0 unspecified atom stereocenters. The van der Waals surface area contributed by atoms with Crippen molar-refractivity contribution < 1.29 is 9.84 Å². The lowest BCUT2D eigenvalue weighted by Crippen LogP contribution is -2.33. The smallest absolute Gasteiger partial charge is 0.217 e. The Bertz CT molecular complexity index is 1090. The van der Waals surface area contributed by atoms with Gasteiger partial charge in [-0.15, -0.1) is 0 Å². The molecule has 0 spiro atoms. The first kappa shape index (κ1) is 17.4. The first-order chi connectivity index (χ1) is 13.6. The fraction of sp³-hybridized carbons (Fsp3) is 0.136. The maximum absolute atomic E-state index is 10.4. The Morgan fingerprint density at radius 1 is 0.929 bits per heavy atom. The number of halogens is 2. The van der Waals surface area contributed by atoms with Crippen LogP contribution in [-0.2, 0) is 0 Å². The molecule has 0 bridgehead atoms. The Labute approximate surface area is 172 Å². The molecule has 2 atom stereocenters. The number of rotatable bonds is 2. The molecular weight excluding hydrogens is 395 g/mol. The van der Waals surface area contributed by atoms with Gasteiger partial charge >= 0.3 is 0 Å². The Morgan fingerprint density at radius 3 is 2.43 bits per heavy atom. The Hall–Kier alpha value is -2.69. The normalized spacial score (nSPS) is 20.2. The van der Waals surface area contributed by atoms with E-state index in [1.54, 1.807) is 24.3 Å². The van der Waals surface area contributed by atoms with Crippen molar-refractivity contribution in [3.05, 3.63) is 93.5 Å². The van der Waals surface area contributed by atoms with Gasteiger partial charge in [0.05, 0.1) is 17.3 Å². The average molecular weight is 411 g/mol. The van der Waals surface area contributed by atoms with Crippen LogP contribution < -0.4 is 4.74 Å². The molecule has 0 radical (unpaired) electrons. The third kappa shape index (κ3) is 2.89. The molecule has 0 amide bonds. The van der Waals surface area contributed by atoms with Crippen LogP contribution in [0.4, 0.5) is 0 Å². The predicted octanol–water partition coefficient (Wildman–Crippen LogP) is 5.94. The number of phenols is 1. The third-order valence-corrected chi connectivity index (χ3v) is 5.58. The number of hydrogen-bond donors (Lipinski definition) is 1. The highest BCUT2D eigenvalue weighted by atomic mass is 35.5. The standard InChI is InChI=1S/C22H16Cl2N2O2/c23-14-6-8-20(27)17(11-14)22-26-19(16-10-15(24)7-9-21(16)28-22)12-18(25-26)13-4-2-1-3-5-13/h1-11,19,22,27H,12H2/t19-,22-/m0/s1. The minimum absolute atomic E-state index is 0.0407. The minimum atomic E-state index is -0.585. The van der Waals surface area contributed by atoms with E-state index in [1.165, 1.54) is 0 Å². The van der Waals surface area contributed by atoms with E-state index >= 15 is 0 Å². The predicted molar refractivity (Wildman–Crippen MR) is 110 cm³/mol. The molecule has 2 aliphatic heterocycles. The molecule has 4 nitrogen and oxygen atoms in total. The summed E-state index contributed by atoms with van der Waals surface area (Å²) in [5.41, 5.74) is 3.60. The van der Waals surface area contributed by atoms with Crippen molar-refractivity contribution in [1.82, 2.24) is 5.01 Å². The topological polar surface area (TPSA) is 45.1 Å². The van der Waals surface area contributed by atoms with Crippen LogP contribution in [0.3, 0.4) is 0 Å². The highest BCUT2D eigenvalue weighted by Gasteiger charge is 2.42. The number of nitrogens with zero attached hydrogens (tertiary/aromatic N) is 2. The number of fused-ring (bicyclic) bond motifs is 3. The molecule has 2 heterocycles. The highest BCUT2D eigenvalue weighted by Crippen LogP contribution is 2.49. The van der Waals surface area contributed by atoms with Crippen molar-refractivity contribution in [3.8, 4) is 11.5 Å². The zero-order chi connectivity index (χ0) is 19.3. The van der Waals surface area contributed by atoms with Crippen LogP contribution in [0.15, 0.2) is 71.8 Å². The third-order valence-electron chi connectivity index (χ3n) is 5.11. The second-order valence-corrected chi connectivity index (χ2v) is 7.74. The molecule has 3 aromatic carbocycles. The summed E-state index contributed by atoms with van der Waals surface area (Å²) in [4.78, 5) is 0. The summed E-state index contributed by atoms with van der Waals surface area (Å²) in [5.74, 6) is 0.855. The number of hydrazone groups is 1. The zero-order valence-corrected chi connectivity index (χ0v) is 16.2. The molecule has 1 N–H and O–H groups in total. The van der Waals surface area contributed by atoms with Gasteiger partial charge in [0.15, 0.2) is 0 Å². The monoisotopic (exact) mass is 410 g/mol. The van der Waals surface area contributed by atoms with Gasteiger partial charge in [0.25, 0.3) is 0 Å². The lowest BCUT2D eigenvalue weighted by atomic mass is 9.96. The lowest BCUT2D eigenvalue weighted by molar-refractivity contribution is -0.0203. The number of ether oxygens (including phenoxy) is 1. The number of hydrogen-bond acceptors (Lipinski definition) is 4. The SMILES string of the molecule is Oc1ccc(Cl)cc1[C@@H]1Oc2ccc(Cl)cc2[C@@H]2CC(c3ccccc3)=NN21. The van der Waals surface area contributed by atoms with Gasteiger partial charge in [0.1, 0.15) is 11.5 Å². The quantitative estimate of drug-likeness (QED) is 0.568. The zero-order valence-electron chi connectivity index (χ0n) is 14.7. The van der Waals surface area contributed by atoms with Gasteiger partial charge in [-0.25, -0.2) is 5.01 Å². The Kier molecular flexibility index (Phi) is 4.18. The van der Waals surface area contributed by atoms with Crippen LogP contribution in [0.1, 0.15) is 35.4 Å². The van der Waals surface area contributed by atoms with Crippen molar-refractivity contribution in [2.24, 2.45) is 5.10 Å². The number of aromatic hydroxyl groups is 1. The molecule has 140 valence electrons. The molecule has 2 aliphatic rings. The number of phenolic OH excluding ortho intramolecular Hbond substituents is 1. The van der Waals surface area contributed by atoms with Gasteiger partial charge in [-0.3, -0.25) is 0 Å². The van der Waals surface area contributed by atoms with Crippen LogP contribution >= 0.6 is 23.2 Å². The average Bonchev–Trinajstić information content (AvgIpc) is 3.16. The fourth-order valence-electron chi connectivity index (χ4n) is 3.79. The van der Waals surface area contributed by atoms with E-state index in [2.05, 4.69) is 0 Å². The fourth-order valence-corrected chi connectivity index (χ4v) is 4.15. The van der Waals surface area contributed by atoms with Gasteiger partial charge in [0.2, 0.25) is 6.23 Å². The van der Waals surface area contributed by atoms with Crippen LogP contribution in [0.25, 0.3) is 0 Å².